The first-order chi connectivity index (χ1) is 8.33. The van der Waals surface area contributed by atoms with Crippen molar-refractivity contribution >= 4 is 0 Å². The van der Waals surface area contributed by atoms with Gasteiger partial charge in [-0.15, -0.1) is 0 Å². The fourth-order valence-electron chi connectivity index (χ4n) is 2.68. The molecule has 1 heterocycles. The summed E-state index contributed by atoms with van der Waals surface area (Å²) in [5.41, 5.74) is 2.88. The Hall–Kier alpha value is -0.860. The molecular formula is C15H24N2. The molecule has 0 saturated carbocycles. The zero-order valence-electron chi connectivity index (χ0n) is 11.1. The van der Waals surface area contributed by atoms with E-state index < -0.39 is 0 Å². The number of hydrogen-bond acceptors (Lipinski definition) is 2. The van der Waals surface area contributed by atoms with Gasteiger partial charge in [0.2, 0.25) is 0 Å². The number of hydrogen-bond donors (Lipinski definition) is 1. The number of rotatable bonds is 5. The van der Waals surface area contributed by atoms with Crippen molar-refractivity contribution < 1.29 is 0 Å². The van der Waals surface area contributed by atoms with Crippen molar-refractivity contribution in [3.63, 3.8) is 0 Å². The Morgan fingerprint density at radius 3 is 2.59 bits per heavy atom. The highest BCUT2D eigenvalue weighted by Gasteiger charge is 2.23. The van der Waals surface area contributed by atoms with E-state index >= 15 is 0 Å². The molecule has 2 rings (SSSR count). The van der Waals surface area contributed by atoms with Crippen LogP contribution in [0.5, 0.6) is 0 Å². The van der Waals surface area contributed by atoms with Crippen LogP contribution < -0.4 is 5.32 Å². The van der Waals surface area contributed by atoms with Crippen molar-refractivity contribution in [2.24, 2.45) is 0 Å². The van der Waals surface area contributed by atoms with Crippen LogP contribution in [0.3, 0.4) is 0 Å². The average Bonchev–Trinajstić information content (AvgIpc) is 2.78. The highest BCUT2D eigenvalue weighted by Crippen LogP contribution is 2.19. The summed E-state index contributed by atoms with van der Waals surface area (Å²) < 4.78 is 0. The van der Waals surface area contributed by atoms with Gasteiger partial charge in [-0.3, -0.25) is 4.90 Å². The van der Waals surface area contributed by atoms with Gasteiger partial charge < -0.3 is 5.32 Å². The maximum atomic E-state index is 3.30. The van der Waals surface area contributed by atoms with Gasteiger partial charge in [-0.25, -0.2) is 0 Å². The maximum Gasteiger partial charge on any atom is 0.0237 e. The molecule has 1 aromatic carbocycles. The summed E-state index contributed by atoms with van der Waals surface area (Å²) in [5, 5.41) is 3.30. The number of likely N-dealkylation sites (tertiary alicyclic amines) is 1. The zero-order valence-corrected chi connectivity index (χ0v) is 11.1. The molecule has 0 aliphatic carbocycles. The van der Waals surface area contributed by atoms with Gasteiger partial charge in [0, 0.05) is 19.1 Å². The quantitative estimate of drug-likeness (QED) is 0.839. The van der Waals surface area contributed by atoms with E-state index in [1.807, 2.05) is 7.05 Å². The van der Waals surface area contributed by atoms with Crippen LogP contribution in [0.4, 0.5) is 0 Å². The van der Waals surface area contributed by atoms with Crippen molar-refractivity contribution in [2.45, 2.75) is 38.8 Å². The second-order valence-corrected chi connectivity index (χ2v) is 4.99. The van der Waals surface area contributed by atoms with E-state index in [2.05, 4.69) is 41.4 Å². The minimum absolute atomic E-state index is 0.728. The lowest BCUT2D eigenvalue weighted by Gasteiger charge is -2.24. The lowest BCUT2D eigenvalue weighted by molar-refractivity contribution is 0.242. The van der Waals surface area contributed by atoms with Crippen LogP contribution in [-0.4, -0.2) is 31.1 Å². The molecule has 1 aliphatic heterocycles. The smallest absolute Gasteiger partial charge is 0.0237 e. The zero-order chi connectivity index (χ0) is 12.1. The Balaban J connectivity index is 1.94. The number of aryl methyl sites for hydroxylation is 1. The van der Waals surface area contributed by atoms with E-state index in [1.165, 1.54) is 30.5 Å². The first kappa shape index (κ1) is 12.6. The molecule has 1 N–H and O–H groups in total. The highest BCUT2D eigenvalue weighted by atomic mass is 15.2. The fourth-order valence-corrected chi connectivity index (χ4v) is 2.68. The third-order valence-corrected chi connectivity index (χ3v) is 3.76. The first-order valence-electron chi connectivity index (χ1n) is 6.80. The SMILES string of the molecule is CCc1ccc(CN2CCCC2CNC)cc1. The van der Waals surface area contributed by atoms with Gasteiger partial charge in [0.25, 0.3) is 0 Å². The molecular weight excluding hydrogens is 208 g/mol. The van der Waals surface area contributed by atoms with Gasteiger partial charge in [0.05, 0.1) is 0 Å². The molecule has 1 atom stereocenters. The molecule has 2 heteroatoms. The average molecular weight is 232 g/mol. The van der Waals surface area contributed by atoms with E-state index in [0.717, 1.165) is 25.6 Å². The number of benzene rings is 1. The maximum absolute atomic E-state index is 3.30. The van der Waals surface area contributed by atoms with Crippen LogP contribution in [0.2, 0.25) is 0 Å². The van der Waals surface area contributed by atoms with Gasteiger partial charge in [0.15, 0.2) is 0 Å². The number of nitrogens with zero attached hydrogens (tertiary/aromatic N) is 1. The molecule has 1 unspecified atom stereocenters. The third kappa shape index (κ3) is 3.30. The second-order valence-electron chi connectivity index (χ2n) is 4.99. The van der Waals surface area contributed by atoms with Crippen LogP contribution in [0, 0.1) is 0 Å². The van der Waals surface area contributed by atoms with E-state index in [-0.39, 0.29) is 0 Å². The van der Waals surface area contributed by atoms with E-state index in [4.69, 9.17) is 0 Å². The lowest BCUT2D eigenvalue weighted by atomic mass is 10.1. The Bertz CT molecular complexity index is 331. The fraction of sp³-hybridized carbons (Fsp3) is 0.600. The molecule has 17 heavy (non-hydrogen) atoms. The molecule has 1 saturated heterocycles. The predicted octanol–water partition coefficient (Wildman–Crippen LogP) is 2.43. The molecule has 0 aromatic heterocycles. The highest BCUT2D eigenvalue weighted by molar-refractivity contribution is 5.22. The number of nitrogens with one attached hydrogen (secondary N) is 1. The summed E-state index contributed by atoms with van der Waals surface area (Å²) >= 11 is 0. The van der Waals surface area contributed by atoms with E-state index in [1.54, 1.807) is 0 Å². The Kier molecular flexibility index (Phi) is 4.57. The van der Waals surface area contributed by atoms with Crippen LogP contribution in [-0.2, 0) is 13.0 Å². The summed E-state index contributed by atoms with van der Waals surface area (Å²) in [6.45, 7) is 5.68. The van der Waals surface area contributed by atoms with Gasteiger partial charge in [-0.1, -0.05) is 31.2 Å². The topological polar surface area (TPSA) is 15.3 Å². The predicted molar refractivity (Wildman–Crippen MR) is 73.2 cm³/mol. The normalized spacial score (nSPS) is 20.9. The standard InChI is InChI=1S/C15H24N2/c1-3-13-6-8-14(9-7-13)12-17-10-4-5-15(17)11-16-2/h6-9,15-16H,3-5,10-12H2,1-2H3. The van der Waals surface area contributed by atoms with Crippen molar-refractivity contribution in [1.29, 1.82) is 0 Å². The molecule has 1 aliphatic rings. The Morgan fingerprint density at radius 2 is 1.94 bits per heavy atom. The summed E-state index contributed by atoms with van der Waals surface area (Å²) in [6.07, 6.45) is 3.82. The van der Waals surface area contributed by atoms with Gasteiger partial charge in [-0.2, -0.15) is 0 Å². The van der Waals surface area contributed by atoms with Gasteiger partial charge in [0.1, 0.15) is 0 Å². The molecule has 94 valence electrons. The molecule has 0 amide bonds. The Labute approximate surface area is 105 Å². The van der Waals surface area contributed by atoms with Crippen molar-refractivity contribution in [1.82, 2.24) is 10.2 Å². The van der Waals surface area contributed by atoms with E-state index in [0.29, 0.717) is 0 Å². The summed E-state index contributed by atoms with van der Waals surface area (Å²) in [5.74, 6) is 0. The second kappa shape index (κ2) is 6.18. The largest absolute Gasteiger partial charge is 0.318 e. The minimum Gasteiger partial charge on any atom is -0.318 e. The monoisotopic (exact) mass is 232 g/mol. The third-order valence-electron chi connectivity index (χ3n) is 3.76. The summed E-state index contributed by atoms with van der Waals surface area (Å²) in [7, 11) is 2.05. The van der Waals surface area contributed by atoms with Crippen LogP contribution in [0.15, 0.2) is 24.3 Å². The molecule has 0 spiro atoms. The summed E-state index contributed by atoms with van der Waals surface area (Å²) in [4.78, 5) is 2.61. The van der Waals surface area contributed by atoms with Crippen molar-refractivity contribution in [3.8, 4) is 0 Å². The van der Waals surface area contributed by atoms with Gasteiger partial charge >= 0.3 is 0 Å². The number of likely N-dealkylation sites (N-methyl/N-ethyl adjacent to an activating group) is 1. The lowest BCUT2D eigenvalue weighted by Crippen LogP contribution is -2.36. The molecule has 0 bridgehead atoms. The van der Waals surface area contributed by atoms with Crippen LogP contribution >= 0.6 is 0 Å². The van der Waals surface area contributed by atoms with Crippen LogP contribution in [0.25, 0.3) is 0 Å². The first-order valence-corrected chi connectivity index (χ1v) is 6.80. The molecule has 1 fully saturated rings. The van der Waals surface area contributed by atoms with Crippen molar-refractivity contribution in [3.05, 3.63) is 35.4 Å². The van der Waals surface area contributed by atoms with Crippen LogP contribution in [0.1, 0.15) is 30.9 Å². The van der Waals surface area contributed by atoms with Gasteiger partial charge in [-0.05, 0) is 44.0 Å². The van der Waals surface area contributed by atoms with Crippen molar-refractivity contribution in [2.75, 3.05) is 20.1 Å². The minimum atomic E-state index is 0.728. The molecule has 0 radical (unpaired) electrons. The summed E-state index contributed by atoms with van der Waals surface area (Å²) in [6, 6.07) is 9.82. The van der Waals surface area contributed by atoms with E-state index in [9.17, 15) is 0 Å². The molecule has 1 aromatic rings. The molecule has 2 nitrogen and oxygen atoms in total. The Morgan fingerprint density at radius 1 is 1.24 bits per heavy atom.